The molecule has 1 heterocycles. The molecule has 0 radical (unpaired) electrons. The highest BCUT2D eigenvalue weighted by Gasteiger charge is 2.22. The van der Waals surface area contributed by atoms with E-state index in [1.165, 1.54) is 24.0 Å². The summed E-state index contributed by atoms with van der Waals surface area (Å²) in [6, 6.07) is 8.77. The van der Waals surface area contributed by atoms with E-state index < -0.39 is 0 Å². The molecule has 0 spiro atoms. The van der Waals surface area contributed by atoms with Gasteiger partial charge in [0.15, 0.2) is 0 Å². The average molecular weight is 311 g/mol. The molecular formula is C18H25N5. The van der Waals surface area contributed by atoms with Crippen LogP contribution in [0.3, 0.4) is 0 Å². The van der Waals surface area contributed by atoms with Gasteiger partial charge in [-0.2, -0.15) is 4.98 Å². The number of hydrogen-bond donors (Lipinski definition) is 3. The van der Waals surface area contributed by atoms with Gasteiger partial charge < -0.3 is 16.8 Å². The fraction of sp³-hybridized carbons (Fsp3) is 0.444. The third-order valence-corrected chi connectivity index (χ3v) is 4.41. The monoisotopic (exact) mass is 311 g/mol. The smallest absolute Gasteiger partial charge is 0.222 e. The lowest BCUT2D eigenvalue weighted by molar-refractivity contribution is 0.403. The Balaban J connectivity index is 1.89. The summed E-state index contributed by atoms with van der Waals surface area (Å²) in [5, 5.41) is 3.45. The number of rotatable bonds is 3. The molecule has 3 rings (SSSR count). The molecule has 1 aliphatic carbocycles. The molecule has 5 heteroatoms. The van der Waals surface area contributed by atoms with Gasteiger partial charge in [-0.1, -0.05) is 30.0 Å². The molecule has 122 valence electrons. The first-order valence-electron chi connectivity index (χ1n) is 8.26. The van der Waals surface area contributed by atoms with Crippen molar-refractivity contribution in [2.75, 3.05) is 11.1 Å². The van der Waals surface area contributed by atoms with E-state index >= 15 is 0 Å². The first kappa shape index (κ1) is 15.7. The molecular weight excluding hydrogens is 286 g/mol. The lowest BCUT2D eigenvalue weighted by atomic mass is 9.91. The maximum Gasteiger partial charge on any atom is 0.222 e. The van der Waals surface area contributed by atoms with Gasteiger partial charge in [0.1, 0.15) is 5.82 Å². The van der Waals surface area contributed by atoms with E-state index in [0.29, 0.717) is 0 Å². The number of anilines is 2. The van der Waals surface area contributed by atoms with Gasteiger partial charge in [0.05, 0.1) is 5.69 Å². The molecule has 1 saturated carbocycles. The largest absolute Gasteiger partial charge is 0.368 e. The molecule has 1 aromatic carbocycles. The van der Waals surface area contributed by atoms with Crippen LogP contribution in [-0.2, 0) is 0 Å². The fourth-order valence-electron chi connectivity index (χ4n) is 3.34. The van der Waals surface area contributed by atoms with E-state index in [-0.39, 0.29) is 18.0 Å². The van der Waals surface area contributed by atoms with Crippen LogP contribution in [0, 0.1) is 13.8 Å². The van der Waals surface area contributed by atoms with Crippen molar-refractivity contribution in [3.8, 4) is 11.3 Å². The fourth-order valence-corrected chi connectivity index (χ4v) is 3.34. The first-order valence-corrected chi connectivity index (χ1v) is 8.26. The standard InChI is InChI=1S/C18H25N5/c1-11-7-12(2)9-13(8-11)16-10-17(23-18(20)22-16)21-15-6-4-3-5-14(15)19/h7-10,14-15H,3-6,19H2,1-2H3,(H3,20,21,22,23). The minimum atomic E-state index is 0.171. The van der Waals surface area contributed by atoms with Crippen molar-refractivity contribution in [3.05, 3.63) is 35.4 Å². The molecule has 0 saturated heterocycles. The molecule has 0 aliphatic heterocycles. The maximum absolute atomic E-state index is 6.22. The second kappa shape index (κ2) is 6.54. The summed E-state index contributed by atoms with van der Waals surface area (Å²) >= 11 is 0. The van der Waals surface area contributed by atoms with Crippen molar-refractivity contribution >= 4 is 11.8 Å². The first-order chi connectivity index (χ1) is 11.0. The number of aromatic nitrogens is 2. The van der Waals surface area contributed by atoms with Gasteiger partial charge in [0.25, 0.3) is 0 Å². The number of nitrogen functional groups attached to an aromatic ring is 1. The molecule has 2 unspecified atom stereocenters. The lowest BCUT2D eigenvalue weighted by Crippen LogP contribution is -2.42. The summed E-state index contributed by atoms with van der Waals surface area (Å²) in [5.41, 5.74) is 16.5. The van der Waals surface area contributed by atoms with Gasteiger partial charge in [-0.05, 0) is 38.8 Å². The summed E-state index contributed by atoms with van der Waals surface area (Å²) in [5.74, 6) is 1.04. The van der Waals surface area contributed by atoms with Crippen LogP contribution in [0.25, 0.3) is 11.3 Å². The summed E-state index contributed by atoms with van der Waals surface area (Å²) < 4.78 is 0. The molecule has 5 N–H and O–H groups in total. The van der Waals surface area contributed by atoms with Crippen LogP contribution in [0.5, 0.6) is 0 Å². The van der Waals surface area contributed by atoms with Gasteiger partial charge in [0, 0.05) is 23.7 Å². The van der Waals surface area contributed by atoms with Gasteiger partial charge >= 0.3 is 0 Å². The van der Waals surface area contributed by atoms with E-state index in [1.54, 1.807) is 0 Å². The van der Waals surface area contributed by atoms with Crippen LogP contribution in [0.2, 0.25) is 0 Å². The Kier molecular flexibility index (Phi) is 4.48. The number of nitrogens with one attached hydrogen (secondary N) is 1. The zero-order valence-corrected chi connectivity index (χ0v) is 13.8. The average Bonchev–Trinajstić information content (AvgIpc) is 2.48. The molecule has 2 aromatic rings. The van der Waals surface area contributed by atoms with Crippen molar-refractivity contribution in [2.24, 2.45) is 5.73 Å². The third-order valence-electron chi connectivity index (χ3n) is 4.41. The third kappa shape index (κ3) is 3.79. The summed E-state index contributed by atoms with van der Waals surface area (Å²) in [6.07, 6.45) is 4.54. The predicted octanol–water partition coefficient (Wildman–Crippen LogP) is 3.02. The maximum atomic E-state index is 6.22. The van der Waals surface area contributed by atoms with Gasteiger partial charge in [-0.25, -0.2) is 4.98 Å². The van der Waals surface area contributed by atoms with Crippen LogP contribution in [-0.4, -0.2) is 22.1 Å². The van der Waals surface area contributed by atoms with Gasteiger partial charge in [0.2, 0.25) is 5.95 Å². The van der Waals surface area contributed by atoms with Crippen molar-refractivity contribution in [2.45, 2.75) is 51.6 Å². The van der Waals surface area contributed by atoms with Gasteiger partial charge in [-0.15, -0.1) is 0 Å². The Labute approximate surface area is 137 Å². The molecule has 2 atom stereocenters. The van der Waals surface area contributed by atoms with Crippen molar-refractivity contribution < 1.29 is 0 Å². The lowest BCUT2D eigenvalue weighted by Gasteiger charge is -2.29. The van der Waals surface area contributed by atoms with Crippen molar-refractivity contribution in [3.63, 3.8) is 0 Å². The van der Waals surface area contributed by atoms with E-state index in [4.69, 9.17) is 11.5 Å². The zero-order valence-electron chi connectivity index (χ0n) is 13.8. The number of aryl methyl sites for hydroxylation is 2. The Morgan fingerprint density at radius 2 is 1.70 bits per heavy atom. The number of hydrogen-bond acceptors (Lipinski definition) is 5. The second-order valence-corrected chi connectivity index (χ2v) is 6.57. The highest BCUT2D eigenvalue weighted by Crippen LogP contribution is 2.25. The topological polar surface area (TPSA) is 89.8 Å². The zero-order chi connectivity index (χ0) is 16.4. The Bertz CT molecular complexity index is 678. The van der Waals surface area contributed by atoms with E-state index in [2.05, 4.69) is 47.3 Å². The quantitative estimate of drug-likeness (QED) is 0.810. The molecule has 1 aromatic heterocycles. The highest BCUT2D eigenvalue weighted by atomic mass is 15.1. The molecule has 1 aliphatic rings. The van der Waals surface area contributed by atoms with E-state index in [1.807, 2.05) is 6.07 Å². The molecule has 1 fully saturated rings. The summed E-state index contributed by atoms with van der Waals surface area (Å²) in [7, 11) is 0. The molecule has 5 nitrogen and oxygen atoms in total. The Hall–Kier alpha value is -2.14. The highest BCUT2D eigenvalue weighted by molar-refractivity contribution is 5.65. The van der Waals surface area contributed by atoms with Gasteiger partial charge in [-0.3, -0.25) is 0 Å². The summed E-state index contributed by atoms with van der Waals surface area (Å²) in [4.78, 5) is 8.73. The molecule has 23 heavy (non-hydrogen) atoms. The minimum Gasteiger partial charge on any atom is -0.368 e. The predicted molar refractivity (Wildman–Crippen MR) is 95.2 cm³/mol. The molecule has 0 bridgehead atoms. The SMILES string of the molecule is Cc1cc(C)cc(-c2cc(NC3CCCCC3N)nc(N)n2)c1. The van der Waals surface area contributed by atoms with Crippen LogP contribution in [0.4, 0.5) is 11.8 Å². The van der Waals surface area contributed by atoms with Crippen molar-refractivity contribution in [1.29, 1.82) is 0 Å². The normalized spacial score (nSPS) is 21.2. The van der Waals surface area contributed by atoms with Crippen LogP contribution in [0.15, 0.2) is 24.3 Å². The van der Waals surface area contributed by atoms with Crippen LogP contribution >= 0.6 is 0 Å². The van der Waals surface area contributed by atoms with Crippen molar-refractivity contribution in [1.82, 2.24) is 9.97 Å². The van der Waals surface area contributed by atoms with E-state index in [9.17, 15) is 0 Å². The molecule has 0 amide bonds. The van der Waals surface area contributed by atoms with Crippen LogP contribution in [0.1, 0.15) is 36.8 Å². The number of nitrogens with zero attached hydrogens (tertiary/aromatic N) is 2. The minimum absolute atomic E-state index is 0.171. The Morgan fingerprint density at radius 1 is 1.00 bits per heavy atom. The van der Waals surface area contributed by atoms with E-state index in [0.717, 1.165) is 29.9 Å². The van der Waals surface area contributed by atoms with Crippen LogP contribution < -0.4 is 16.8 Å². The number of benzene rings is 1. The number of nitrogens with two attached hydrogens (primary N) is 2. The Morgan fingerprint density at radius 3 is 2.39 bits per heavy atom. The second-order valence-electron chi connectivity index (χ2n) is 6.57. The summed E-state index contributed by atoms with van der Waals surface area (Å²) in [6.45, 7) is 4.17.